The van der Waals surface area contributed by atoms with Gasteiger partial charge < -0.3 is 9.47 Å². The molecule has 1 heterocycles. The van der Waals surface area contributed by atoms with Crippen molar-refractivity contribution >= 4 is 17.4 Å². The second-order valence-corrected chi connectivity index (χ2v) is 4.10. The van der Waals surface area contributed by atoms with Gasteiger partial charge in [-0.25, -0.2) is 0 Å². The number of rotatable bonds is 7. The van der Waals surface area contributed by atoms with Gasteiger partial charge in [-0.2, -0.15) is 5.10 Å². The van der Waals surface area contributed by atoms with Crippen molar-refractivity contribution in [2.45, 2.75) is 13.3 Å². The number of halogens is 1. The molecule has 0 bridgehead atoms. The van der Waals surface area contributed by atoms with Crippen LogP contribution in [0.3, 0.4) is 0 Å². The summed E-state index contributed by atoms with van der Waals surface area (Å²) in [5.41, 5.74) is 1.55. The fourth-order valence-electron chi connectivity index (χ4n) is 1.45. The molecule has 1 aromatic heterocycles. The van der Waals surface area contributed by atoms with Gasteiger partial charge in [-0.15, -0.1) is 0 Å². The normalized spacial score (nSPS) is 10.8. The highest BCUT2D eigenvalue weighted by molar-refractivity contribution is 6.30. The maximum Gasteiger partial charge on any atom is 0.163 e. The number of aromatic nitrogens is 2. The predicted octanol–water partition coefficient (Wildman–Crippen LogP) is 1.16. The van der Waals surface area contributed by atoms with Crippen LogP contribution in [-0.2, 0) is 27.7 Å². The Morgan fingerprint density at radius 1 is 1.47 bits per heavy atom. The SMILES string of the molecule is COCCOCC(=O)Cc1c(C)nn(C)c1Cl. The highest BCUT2D eigenvalue weighted by Crippen LogP contribution is 2.19. The van der Waals surface area contributed by atoms with Crippen LogP contribution in [0.15, 0.2) is 0 Å². The number of Topliss-reactive ketones (excluding diaryl/α,β-unsaturated/α-hetero) is 1. The van der Waals surface area contributed by atoms with Crippen molar-refractivity contribution in [3.8, 4) is 0 Å². The van der Waals surface area contributed by atoms with Crippen molar-refractivity contribution in [2.24, 2.45) is 7.05 Å². The molecule has 0 atom stereocenters. The van der Waals surface area contributed by atoms with E-state index in [0.29, 0.717) is 18.4 Å². The van der Waals surface area contributed by atoms with Gasteiger partial charge in [0.15, 0.2) is 5.78 Å². The van der Waals surface area contributed by atoms with E-state index in [2.05, 4.69) is 5.10 Å². The molecule has 96 valence electrons. The summed E-state index contributed by atoms with van der Waals surface area (Å²) < 4.78 is 11.5. The molecule has 0 N–H and O–H groups in total. The summed E-state index contributed by atoms with van der Waals surface area (Å²) >= 11 is 6.03. The molecule has 0 aromatic carbocycles. The number of nitrogens with zero attached hydrogens (tertiary/aromatic N) is 2. The van der Waals surface area contributed by atoms with Crippen molar-refractivity contribution in [3.05, 3.63) is 16.4 Å². The quantitative estimate of drug-likeness (QED) is 0.691. The number of hydrogen-bond acceptors (Lipinski definition) is 4. The summed E-state index contributed by atoms with van der Waals surface area (Å²) in [5.74, 6) is -0.0147. The van der Waals surface area contributed by atoms with E-state index < -0.39 is 0 Å². The number of carbonyl (C=O) groups is 1. The Kier molecular flexibility index (Phi) is 5.61. The van der Waals surface area contributed by atoms with Crippen LogP contribution in [0.1, 0.15) is 11.3 Å². The average molecular weight is 261 g/mol. The van der Waals surface area contributed by atoms with Gasteiger partial charge in [0, 0.05) is 26.1 Å². The Morgan fingerprint density at radius 3 is 2.71 bits per heavy atom. The minimum atomic E-state index is -0.0147. The van der Waals surface area contributed by atoms with Crippen molar-refractivity contribution < 1.29 is 14.3 Å². The van der Waals surface area contributed by atoms with E-state index in [0.717, 1.165) is 11.3 Å². The molecule has 17 heavy (non-hydrogen) atoms. The van der Waals surface area contributed by atoms with E-state index >= 15 is 0 Å². The van der Waals surface area contributed by atoms with E-state index in [-0.39, 0.29) is 18.8 Å². The summed E-state index contributed by atoms with van der Waals surface area (Å²) in [4.78, 5) is 11.6. The largest absolute Gasteiger partial charge is 0.382 e. The third kappa shape index (κ3) is 4.11. The van der Waals surface area contributed by atoms with Crippen LogP contribution in [0.4, 0.5) is 0 Å². The average Bonchev–Trinajstić information content (AvgIpc) is 2.52. The molecule has 0 saturated carbocycles. The lowest BCUT2D eigenvalue weighted by Gasteiger charge is -2.03. The van der Waals surface area contributed by atoms with Crippen molar-refractivity contribution in [1.29, 1.82) is 0 Å². The van der Waals surface area contributed by atoms with Crippen LogP contribution in [0, 0.1) is 6.92 Å². The molecule has 0 saturated heterocycles. The molecule has 0 aliphatic heterocycles. The summed E-state index contributed by atoms with van der Waals surface area (Å²) in [5, 5.41) is 4.65. The van der Waals surface area contributed by atoms with Crippen LogP contribution in [-0.4, -0.2) is 42.5 Å². The first-order valence-corrected chi connectivity index (χ1v) is 5.70. The van der Waals surface area contributed by atoms with E-state index in [4.69, 9.17) is 21.1 Å². The smallest absolute Gasteiger partial charge is 0.163 e. The number of methoxy groups -OCH3 is 1. The van der Waals surface area contributed by atoms with Gasteiger partial charge in [0.1, 0.15) is 11.8 Å². The molecule has 0 radical (unpaired) electrons. The van der Waals surface area contributed by atoms with Gasteiger partial charge in [-0.1, -0.05) is 11.6 Å². The van der Waals surface area contributed by atoms with Gasteiger partial charge >= 0.3 is 0 Å². The van der Waals surface area contributed by atoms with Gasteiger partial charge in [0.05, 0.1) is 18.9 Å². The van der Waals surface area contributed by atoms with E-state index in [1.165, 1.54) is 0 Å². The molecular formula is C11H17ClN2O3. The Labute approximate surface area is 106 Å². The lowest BCUT2D eigenvalue weighted by molar-refractivity contribution is -0.123. The zero-order valence-electron chi connectivity index (χ0n) is 10.3. The molecule has 0 aliphatic carbocycles. The second kappa shape index (κ2) is 6.74. The van der Waals surface area contributed by atoms with Crippen LogP contribution in [0.2, 0.25) is 5.15 Å². The Bertz CT molecular complexity index is 390. The van der Waals surface area contributed by atoms with Crippen LogP contribution >= 0.6 is 11.6 Å². The maximum absolute atomic E-state index is 11.6. The Hall–Kier alpha value is -0.910. The van der Waals surface area contributed by atoms with Crippen molar-refractivity contribution in [1.82, 2.24) is 9.78 Å². The van der Waals surface area contributed by atoms with Crippen LogP contribution < -0.4 is 0 Å². The molecule has 0 fully saturated rings. The molecule has 0 amide bonds. The monoisotopic (exact) mass is 260 g/mol. The van der Waals surface area contributed by atoms with Crippen LogP contribution in [0.25, 0.3) is 0 Å². The zero-order chi connectivity index (χ0) is 12.8. The minimum Gasteiger partial charge on any atom is -0.382 e. The standard InChI is InChI=1S/C11H17ClN2O3/c1-8-10(11(12)14(2)13-8)6-9(15)7-17-5-4-16-3/h4-7H2,1-3H3. The van der Waals surface area contributed by atoms with E-state index in [9.17, 15) is 4.79 Å². The summed E-state index contributed by atoms with van der Waals surface area (Å²) in [6.07, 6.45) is 0.255. The van der Waals surface area contributed by atoms with Gasteiger partial charge in [0.2, 0.25) is 0 Å². The number of aryl methyl sites for hydroxylation is 2. The molecule has 5 nitrogen and oxygen atoms in total. The van der Waals surface area contributed by atoms with Crippen molar-refractivity contribution in [2.75, 3.05) is 26.9 Å². The number of ketones is 1. The number of hydrogen-bond donors (Lipinski definition) is 0. The lowest BCUT2D eigenvalue weighted by Crippen LogP contribution is -2.14. The topological polar surface area (TPSA) is 53.4 Å². The number of ether oxygens (including phenoxy) is 2. The molecule has 0 aliphatic rings. The highest BCUT2D eigenvalue weighted by atomic mass is 35.5. The number of carbonyl (C=O) groups excluding carboxylic acids is 1. The van der Waals surface area contributed by atoms with Crippen molar-refractivity contribution in [3.63, 3.8) is 0 Å². The molecule has 0 unspecified atom stereocenters. The lowest BCUT2D eigenvalue weighted by atomic mass is 10.1. The molecular weight excluding hydrogens is 244 g/mol. The Morgan fingerprint density at radius 2 is 2.18 bits per heavy atom. The fraction of sp³-hybridized carbons (Fsp3) is 0.636. The Balaban J connectivity index is 2.45. The first-order chi connectivity index (χ1) is 8.06. The van der Waals surface area contributed by atoms with Crippen LogP contribution in [0.5, 0.6) is 0 Å². The maximum atomic E-state index is 11.6. The second-order valence-electron chi connectivity index (χ2n) is 3.74. The van der Waals surface area contributed by atoms with Gasteiger partial charge in [0.25, 0.3) is 0 Å². The summed E-state index contributed by atoms with van der Waals surface area (Å²) in [7, 11) is 3.34. The fourth-order valence-corrected chi connectivity index (χ4v) is 1.69. The van der Waals surface area contributed by atoms with E-state index in [1.54, 1.807) is 18.8 Å². The van der Waals surface area contributed by atoms with Gasteiger partial charge in [-0.3, -0.25) is 9.48 Å². The summed E-state index contributed by atoms with van der Waals surface area (Å²) in [6, 6.07) is 0. The molecule has 0 spiro atoms. The zero-order valence-corrected chi connectivity index (χ0v) is 11.1. The third-order valence-electron chi connectivity index (χ3n) is 2.34. The van der Waals surface area contributed by atoms with E-state index in [1.807, 2.05) is 6.92 Å². The van der Waals surface area contributed by atoms with Gasteiger partial charge in [-0.05, 0) is 6.92 Å². The molecule has 1 aromatic rings. The molecule has 6 heteroatoms. The first-order valence-electron chi connectivity index (χ1n) is 5.32. The molecule has 1 rings (SSSR count). The predicted molar refractivity (Wildman–Crippen MR) is 64.4 cm³/mol. The first kappa shape index (κ1) is 14.2. The highest BCUT2D eigenvalue weighted by Gasteiger charge is 2.14. The third-order valence-corrected chi connectivity index (χ3v) is 2.81. The summed E-state index contributed by atoms with van der Waals surface area (Å²) in [6.45, 7) is 2.82. The minimum absolute atomic E-state index is 0.0147.